The lowest BCUT2D eigenvalue weighted by Gasteiger charge is -2.40. The van der Waals surface area contributed by atoms with Gasteiger partial charge in [-0.1, -0.05) is 24.8 Å². The van der Waals surface area contributed by atoms with Crippen molar-refractivity contribution in [3.05, 3.63) is 77.1 Å². The van der Waals surface area contributed by atoms with Crippen molar-refractivity contribution in [2.75, 3.05) is 32.7 Å². The van der Waals surface area contributed by atoms with E-state index in [1.54, 1.807) is 24.0 Å². The van der Waals surface area contributed by atoms with Crippen LogP contribution >= 0.6 is 0 Å². The normalized spacial score (nSPS) is 18.8. The van der Waals surface area contributed by atoms with Crippen LogP contribution in [0.2, 0.25) is 0 Å². The highest BCUT2D eigenvalue weighted by Gasteiger charge is 2.30. The van der Waals surface area contributed by atoms with Gasteiger partial charge in [-0.15, -0.1) is 0 Å². The Morgan fingerprint density at radius 2 is 1.90 bits per heavy atom. The fourth-order valence-corrected chi connectivity index (χ4v) is 5.15. The first kappa shape index (κ1) is 28.6. The van der Waals surface area contributed by atoms with Gasteiger partial charge in [0.1, 0.15) is 23.3 Å². The van der Waals surface area contributed by atoms with E-state index in [1.807, 2.05) is 56.9 Å². The summed E-state index contributed by atoms with van der Waals surface area (Å²) in [5.74, 6) is 0.332. The van der Waals surface area contributed by atoms with Crippen molar-refractivity contribution in [3.8, 4) is 5.75 Å². The molecular weight excluding hydrogens is 497 g/mol. The second kappa shape index (κ2) is 11.8. The number of piperazine rings is 1. The lowest BCUT2D eigenvalue weighted by atomic mass is 9.99. The van der Waals surface area contributed by atoms with Gasteiger partial charge in [-0.25, -0.2) is 9.18 Å². The van der Waals surface area contributed by atoms with Crippen LogP contribution in [-0.2, 0) is 22.5 Å². The first-order valence-electron chi connectivity index (χ1n) is 13.6. The van der Waals surface area contributed by atoms with Crippen molar-refractivity contribution in [1.82, 2.24) is 14.7 Å². The topological polar surface area (TPSA) is 62.3 Å². The molecule has 1 saturated heterocycles. The molecule has 0 aliphatic carbocycles. The van der Waals surface area contributed by atoms with E-state index >= 15 is 0 Å². The molecule has 2 aromatic rings. The maximum Gasteiger partial charge on any atom is 0.410 e. The highest BCUT2D eigenvalue weighted by molar-refractivity contribution is 5.87. The number of carbonyl (C=O) groups is 2. The summed E-state index contributed by atoms with van der Waals surface area (Å²) in [7, 11) is 0. The highest BCUT2D eigenvalue weighted by atomic mass is 19.1. The van der Waals surface area contributed by atoms with Crippen LogP contribution in [0.3, 0.4) is 0 Å². The molecule has 2 aromatic carbocycles. The monoisotopic (exact) mass is 537 g/mol. The number of nitrogens with zero attached hydrogens (tertiary/aromatic N) is 3. The van der Waals surface area contributed by atoms with Crippen molar-refractivity contribution in [3.63, 3.8) is 0 Å². The van der Waals surface area contributed by atoms with Crippen molar-refractivity contribution in [2.24, 2.45) is 0 Å². The van der Waals surface area contributed by atoms with Crippen LogP contribution in [0.4, 0.5) is 9.18 Å². The molecule has 0 spiro atoms. The summed E-state index contributed by atoms with van der Waals surface area (Å²) in [5, 5.41) is 0. The molecule has 0 aromatic heterocycles. The predicted molar refractivity (Wildman–Crippen MR) is 149 cm³/mol. The number of amides is 2. The number of hydrogen-bond donors (Lipinski definition) is 0. The average Bonchev–Trinajstić information content (AvgIpc) is 2.88. The van der Waals surface area contributed by atoms with Gasteiger partial charge in [0.15, 0.2) is 0 Å². The number of aryl methyl sites for hydroxylation is 1. The van der Waals surface area contributed by atoms with Gasteiger partial charge in [0.05, 0.1) is 0 Å². The van der Waals surface area contributed by atoms with Gasteiger partial charge in [0.25, 0.3) is 0 Å². The van der Waals surface area contributed by atoms with Gasteiger partial charge in [-0.3, -0.25) is 9.69 Å². The molecule has 0 N–H and O–H groups in total. The lowest BCUT2D eigenvalue weighted by molar-refractivity contribution is -0.130. The predicted octanol–water partition coefficient (Wildman–Crippen LogP) is 5.27. The SMILES string of the molecule is C=CC(=O)N1CCN(C[C@H](Oc2ccc3c(c2)CN(C(=O)OC(C)(C)C)CC3)c2ccc(C)c(F)c2)C[C@H]1C. The average molecular weight is 538 g/mol. The van der Waals surface area contributed by atoms with Gasteiger partial charge in [0, 0.05) is 45.3 Å². The quantitative estimate of drug-likeness (QED) is 0.470. The van der Waals surface area contributed by atoms with E-state index in [2.05, 4.69) is 11.5 Å². The summed E-state index contributed by atoms with van der Waals surface area (Å²) < 4.78 is 26.7. The Bertz CT molecular complexity index is 1220. The Morgan fingerprint density at radius 1 is 1.13 bits per heavy atom. The molecular formula is C31H40FN3O4. The maximum atomic E-state index is 14.6. The summed E-state index contributed by atoms with van der Waals surface area (Å²) in [6.45, 7) is 16.5. The van der Waals surface area contributed by atoms with E-state index in [0.29, 0.717) is 50.6 Å². The van der Waals surface area contributed by atoms with E-state index in [4.69, 9.17) is 9.47 Å². The van der Waals surface area contributed by atoms with Crippen molar-refractivity contribution >= 4 is 12.0 Å². The van der Waals surface area contributed by atoms with Gasteiger partial charge in [0.2, 0.25) is 5.91 Å². The third kappa shape index (κ3) is 7.18. The summed E-state index contributed by atoms with van der Waals surface area (Å²) in [6.07, 6.45) is 1.36. The number of hydrogen-bond acceptors (Lipinski definition) is 5. The number of fused-ring (bicyclic) bond motifs is 1. The molecule has 1 fully saturated rings. The van der Waals surface area contributed by atoms with Crippen LogP contribution < -0.4 is 4.74 Å². The number of ether oxygens (including phenoxy) is 2. The van der Waals surface area contributed by atoms with Gasteiger partial charge >= 0.3 is 6.09 Å². The molecule has 0 radical (unpaired) electrons. The highest BCUT2D eigenvalue weighted by Crippen LogP contribution is 2.30. The fourth-order valence-electron chi connectivity index (χ4n) is 5.15. The Hall–Kier alpha value is -3.39. The molecule has 2 aliphatic heterocycles. The minimum Gasteiger partial charge on any atom is -0.484 e. The third-order valence-corrected chi connectivity index (χ3v) is 7.28. The molecule has 2 heterocycles. The molecule has 4 rings (SSSR count). The molecule has 0 bridgehead atoms. The molecule has 8 heteroatoms. The molecule has 2 amide bonds. The lowest BCUT2D eigenvalue weighted by Crippen LogP contribution is -2.54. The van der Waals surface area contributed by atoms with Gasteiger partial charge in [-0.2, -0.15) is 0 Å². The number of rotatable bonds is 6. The van der Waals surface area contributed by atoms with Crippen LogP contribution in [0.15, 0.2) is 49.1 Å². The molecule has 2 aliphatic rings. The minimum absolute atomic E-state index is 0.0298. The molecule has 2 atom stereocenters. The van der Waals surface area contributed by atoms with E-state index in [1.165, 1.54) is 11.6 Å². The Morgan fingerprint density at radius 3 is 2.56 bits per heavy atom. The number of halogens is 1. The third-order valence-electron chi connectivity index (χ3n) is 7.28. The minimum atomic E-state index is -0.555. The maximum absolute atomic E-state index is 14.6. The van der Waals surface area contributed by atoms with E-state index in [0.717, 1.165) is 17.5 Å². The molecule has 0 saturated carbocycles. The summed E-state index contributed by atoms with van der Waals surface area (Å²) in [5.41, 5.74) is 2.98. The van der Waals surface area contributed by atoms with E-state index < -0.39 is 11.7 Å². The fraction of sp³-hybridized carbons (Fsp3) is 0.484. The number of benzene rings is 2. The standard InChI is InChI=1S/C31H40FN3O4/c1-7-29(36)35-15-14-33(18-22(35)3)20-28(24-9-8-21(2)27(32)17-24)38-26-11-10-23-12-13-34(19-25(23)16-26)30(37)39-31(4,5)6/h7-11,16-17,22,28H,1,12-15,18-20H2,2-6H3/t22-,28+/m1/s1. The van der Waals surface area contributed by atoms with E-state index in [-0.39, 0.29) is 23.9 Å². The first-order chi connectivity index (χ1) is 18.4. The molecule has 210 valence electrons. The van der Waals surface area contributed by atoms with E-state index in [9.17, 15) is 14.0 Å². The zero-order chi connectivity index (χ0) is 28.3. The Kier molecular flexibility index (Phi) is 8.64. The largest absolute Gasteiger partial charge is 0.484 e. The van der Waals surface area contributed by atoms with Crippen LogP contribution in [0, 0.1) is 12.7 Å². The summed E-state index contributed by atoms with van der Waals surface area (Å²) in [6, 6.07) is 11.2. The smallest absolute Gasteiger partial charge is 0.410 e. The summed E-state index contributed by atoms with van der Waals surface area (Å²) in [4.78, 5) is 30.6. The molecule has 39 heavy (non-hydrogen) atoms. The zero-order valence-electron chi connectivity index (χ0n) is 23.7. The Balaban J connectivity index is 1.53. The van der Waals surface area contributed by atoms with Crippen LogP contribution in [0.25, 0.3) is 0 Å². The molecule has 7 nitrogen and oxygen atoms in total. The van der Waals surface area contributed by atoms with Crippen molar-refractivity contribution in [2.45, 2.75) is 65.3 Å². The van der Waals surface area contributed by atoms with Gasteiger partial charge < -0.3 is 19.3 Å². The second-order valence-electron chi connectivity index (χ2n) is 11.5. The van der Waals surface area contributed by atoms with Crippen LogP contribution in [0.5, 0.6) is 5.75 Å². The summed E-state index contributed by atoms with van der Waals surface area (Å²) >= 11 is 0. The molecule has 0 unspecified atom stereocenters. The van der Waals surface area contributed by atoms with Crippen LogP contribution in [0.1, 0.15) is 56.1 Å². The van der Waals surface area contributed by atoms with Crippen LogP contribution in [-0.4, -0.2) is 71.1 Å². The van der Waals surface area contributed by atoms with Crippen molar-refractivity contribution in [1.29, 1.82) is 0 Å². The van der Waals surface area contributed by atoms with Crippen molar-refractivity contribution < 1.29 is 23.5 Å². The van der Waals surface area contributed by atoms with Gasteiger partial charge in [-0.05, 0) is 87.6 Å². The first-order valence-corrected chi connectivity index (χ1v) is 13.6. The number of carbonyl (C=O) groups excluding carboxylic acids is 2. The zero-order valence-corrected chi connectivity index (χ0v) is 23.7. The Labute approximate surface area is 231 Å². The second-order valence-corrected chi connectivity index (χ2v) is 11.5.